The third-order valence-electron chi connectivity index (χ3n) is 4.83. The van der Waals surface area contributed by atoms with Crippen LogP contribution in [0, 0.1) is 5.92 Å². The molecule has 0 fully saturated rings. The van der Waals surface area contributed by atoms with E-state index in [1.165, 1.54) is 5.56 Å². The van der Waals surface area contributed by atoms with Crippen LogP contribution in [0.3, 0.4) is 0 Å². The zero-order valence-electron chi connectivity index (χ0n) is 16.5. The van der Waals surface area contributed by atoms with Crippen LogP contribution in [-0.4, -0.2) is 0 Å². The van der Waals surface area contributed by atoms with Gasteiger partial charge in [-0.2, -0.15) is 0 Å². The van der Waals surface area contributed by atoms with E-state index < -0.39 is 17.6 Å². The van der Waals surface area contributed by atoms with Crippen molar-refractivity contribution in [3.8, 4) is 0 Å². The summed E-state index contributed by atoms with van der Waals surface area (Å²) in [6.45, 7) is 9.99. The fourth-order valence-electron chi connectivity index (χ4n) is 3.44. The monoisotopic (exact) mass is 348 g/mol. The minimum atomic E-state index is -0.653. The molecule has 1 rings (SSSR count). The Bertz CT molecular complexity index is 566. The summed E-state index contributed by atoms with van der Waals surface area (Å²) in [5, 5.41) is 0. The van der Waals surface area contributed by atoms with Gasteiger partial charge in [0.25, 0.3) is 0 Å². The molecule has 0 aromatic heterocycles. The minimum absolute atomic E-state index is 0.0370. The number of hydrogen-bond acceptors (Lipinski definition) is 0. The maximum atomic E-state index is 15.1. The number of hydrogen-bond donors (Lipinski definition) is 0. The van der Waals surface area contributed by atoms with Crippen molar-refractivity contribution in [1.82, 2.24) is 0 Å². The van der Waals surface area contributed by atoms with Gasteiger partial charge in [0.15, 0.2) is 5.83 Å². The van der Waals surface area contributed by atoms with Crippen molar-refractivity contribution in [2.45, 2.75) is 79.1 Å². The molecule has 2 unspecified atom stereocenters. The van der Waals surface area contributed by atoms with Crippen LogP contribution in [0.1, 0.15) is 83.8 Å². The van der Waals surface area contributed by atoms with Gasteiger partial charge in [0.2, 0.25) is 0 Å². The highest BCUT2D eigenvalue weighted by Gasteiger charge is 2.24. The predicted molar refractivity (Wildman–Crippen MR) is 105 cm³/mol. The van der Waals surface area contributed by atoms with Gasteiger partial charge in [-0.15, -0.1) is 0 Å². The molecule has 1 aromatic rings. The van der Waals surface area contributed by atoms with Gasteiger partial charge < -0.3 is 0 Å². The van der Waals surface area contributed by atoms with Crippen LogP contribution in [0.5, 0.6) is 0 Å². The molecule has 0 saturated carbocycles. The lowest BCUT2D eigenvalue weighted by Crippen LogP contribution is -2.06. The third kappa shape index (κ3) is 6.09. The van der Waals surface area contributed by atoms with Crippen LogP contribution in [0.4, 0.5) is 8.78 Å². The van der Waals surface area contributed by atoms with Crippen molar-refractivity contribution in [3.63, 3.8) is 0 Å². The Morgan fingerprint density at radius 3 is 2.04 bits per heavy atom. The molecule has 2 heteroatoms. The first-order valence-electron chi connectivity index (χ1n) is 9.80. The third-order valence-corrected chi connectivity index (χ3v) is 4.83. The lowest BCUT2D eigenvalue weighted by Gasteiger charge is -2.19. The molecule has 0 amide bonds. The quantitative estimate of drug-likeness (QED) is 0.375. The normalized spacial score (nSPS) is 15.7. The molecule has 0 N–H and O–H groups in total. The molecule has 0 heterocycles. The second kappa shape index (κ2) is 11.2. The van der Waals surface area contributed by atoms with Crippen molar-refractivity contribution >= 4 is 0 Å². The van der Waals surface area contributed by atoms with E-state index >= 15 is 4.39 Å². The summed E-state index contributed by atoms with van der Waals surface area (Å²) in [6.07, 6.45) is 7.09. The Labute approximate surface area is 153 Å². The molecule has 0 saturated heterocycles. The van der Waals surface area contributed by atoms with Crippen LogP contribution in [0.25, 0.3) is 0 Å². The maximum absolute atomic E-state index is 15.1. The molecular formula is C23H34F2. The number of allylic oxidation sites excluding steroid dienone is 4. The molecule has 2 atom stereocenters. The molecule has 0 aliphatic rings. The van der Waals surface area contributed by atoms with Crippen LogP contribution in [-0.2, 0) is 6.42 Å². The first kappa shape index (κ1) is 21.6. The van der Waals surface area contributed by atoms with Crippen LogP contribution in [0.15, 0.2) is 47.6 Å². The number of halogens is 2. The highest BCUT2D eigenvalue weighted by molar-refractivity contribution is 5.36. The zero-order valence-corrected chi connectivity index (χ0v) is 16.5. The van der Waals surface area contributed by atoms with E-state index in [2.05, 4.69) is 13.8 Å². The Kier molecular flexibility index (Phi) is 9.70. The van der Waals surface area contributed by atoms with Crippen molar-refractivity contribution in [2.24, 2.45) is 5.92 Å². The summed E-state index contributed by atoms with van der Waals surface area (Å²) in [7, 11) is 0. The summed E-state index contributed by atoms with van der Waals surface area (Å²) in [6, 6.07) is 8.01. The van der Waals surface area contributed by atoms with Crippen molar-refractivity contribution in [1.29, 1.82) is 0 Å². The Morgan fingerprint density at radius 2 is 1.56 bits per heavy atom. The second-order valence-corrected chi connectivity index (χ2v) is 6.93. The molecule has 0 aliphatic carbocycles. The van der Waals surface area contributed by atoms with E-state index in [0.717, 1.165) is 37.7 Å². The Hall–Kier alpha value is -1.44. The molecule has 0 aliphatic heterocycles. The van der Waals surface area contributed by atoms with E-state index in [-0.39, 0.29) is 5.92 Å². The fraction of sp³-hybridized carbons (Fsp3) is 0.565. The highest BCUT2D eigenvalue weighted by Crippen LogP contribution is 2.37. The van der Waals surface area contributed by atoms with Crippen molar-refractivity contribution in [3.05, 3.63) is 58.7 Å². The molecule has 0 radical (unpaired) electrons. The first-order chi connectivity index (χ1) is 12.0. The molecular weight excluding hydrogens is 314 g/mol. The van der Waals surface area contributed by atoms with E-state index in [9.17, 15) is 4.39 Å². The first-order valence-corrected chi connectivity index (χ1v) is 9.80. The van der Waals surface area contributed by atoms with Gasteiger partial charge in [-0.1, -0.05) is 77.3 Å². The summed E-state index contributed by atoms with van der Waals surface area (Å²) < 4.78 is 30.0. The SMILES string of the molecule is C/C=C(\C(F)=C(\F)C(CCC)c1ccc(CCC)cc1)C(C)CCC. The summed E-state index contributed by atoms with van der Waals surface area (Å²) in [4.78, 5) is 0. The second-order valence-electron chi connectivity index (χ2n) is 6.93. The molecule has 25 heavy (non-hydrogen) atoms. The summed E-state index contributed by atoms with van der Waals surface area (Å²) in [5.41, 5.74) is 2.62. The predicted octanol–water partition coefficient (Wildman–Crippen LogP) is 8.06. The number of aryl methyl sites for hydroxylation is 1. The van der Waals surface area contributed by atoms with Crippen LogP contribution >= 0.6 is 0 Å². The largest absolute Gasteiger partial charge is 0.208 e. The summed E-state index contributed by atoms with van der Waals surface area (Å²) >= 11 is 0. The van der Waals surface area contributed by atoms with Gasteiger partial charge in [0, 0.05) is 5.92 Å². The average Bonchev–Trinajstić information content (AvgIpc) is 2.61. The molecule has 1 aromatic carbocycles. The standard InChI is InChI=1S/C23H34F2/c1-6-10-17(5)20(9-4)22(24)23(25)21(12-8-3)19-15-13-18(11-7-2)14-16-19/h9,13-17,21H,6-8,10-12H2,1-5H3/b20-9-,23-22-. The minimum Gasteiger partial charge on any atom is -0.208 e. The highest BCUT2D eigenvalue weighted by atomic mass is 19.2. The van der Waals surface area contributed by atoms with Gasteiger partial charge in [-0.05, 0) is 48.8 Å². The van der Waals surface area contributed by atoms with Crippen LogP contribution < -0.4 is 0 Å². The lowest BCUT2D eigenvalue weighted by atomic mass is 9.88. The van der Waals surface area contributed by atoms with Gasteiger partial charge in [-0.3, -0.25) is 0 Å². The Morgan fingerprint density at radius 1 is 0.960 bits per heavy atom. The topological polar surface area (TPSA) is 0 Å². The van der Waals surface area contributed by atoms with Gasteiger partial charge in [0.05, 0.1) is 0 Å². The lowest BCUT2D eigenvalue weighted by molar-refractivity contribution is 0.454. The summed E-state index contributed by atoms with van der Waals surface area (Å²) in [5.74, 6) is -1.72. The van der Waals surface area contributed by atoms with Crippen molar-refractivity contribution in [2.75, 3.05) is 0 Å². The molecule has 0 spiro atoms. The zero-order chi connectivity index (χ0) is 18.8. The fourth-order valence-corrected chi connectivity index (χ4v) is 3.44. The van der Waals surface area contributed by atoms with Gasteiger partial charge >= 0.3 is 0 Å². The Balaban J connectivity index is 3.17. The average molecular weight is 349 g/mol. The smallest absolute Gasteiger partial charge is 0.158 e. The van der Waals surface area contributed by atoms with E-state index in [0.29, 0.717) is 12.0 Å². The van der Waals surface area contributed by atoms with Gasteiger partial charge in [0.1, 0.15) is 5.83 Å². The van der Waals surface area contributed by atoms with E-state index in [4.69, 9.17) is 0 Å². The maximum Gasteiger partial charge on any atom is 0.158 e. The van der Waals surface area contributed by atoms with Gasteiger partial charge in [-0.25, -0.2) is 8.78 Å². The number of rotatable bonds is 10. The molecule has 140 valence electrons. The van der Waals surface area contributed by atoms with Crippen molar-refractivity contribution < 1.29 is 8.78 Å². The number of benzene rings is 1. The van der Waals surface area contributed by atoms with E-state index in [1.807, 2.05) is 38.1 Å². The molecule has 0 bridgehead atoms. The molecule has 0 nitrogen and oxygen atoms in total. The van der Waals surface area contributed by atoms with E-state index in [1.54, 1.807) is 13.0 Å². The van der Waals surface area contributed by atoms with Crippen LogP contribution in [0.2, 0.25) is 0 Å².